The molecule has 1 aliphatic heterocycles. The zero-order valence-corrected chi connectivity index (χ0v) is 22.5. The molecule has 40 heavy (non-hydrogen) atoms. The van der Waals surface area contributed by atoms with Gasteiger partial charge in [-0.25, -0.2) is 9.48 Å². The third-order valence-electron chi connectivity index (χ3n) is 7.24. The third kappa shape index (κ3) is 6.09. The first kappa shape index (κ1) is 26.8. The maximum Gasteiger partial charge on any atom is 0.337 e. The fraction of sp³-hybridized carbons (Fsp3) is 0.258. The van der Waals surface area contributed by atoms with Gasteiger partial charge in [-0.3, -0.25) is 9.59 Å². The summed E-state index contributed by atoms with van der Waals surface area (Å²) in [6.45, 7) is 3.31. The van der Waals surface area contributed by atoms with Gasteiger partial charge in [0.1, 0.15) is 0 Å². The van der Waals surface area contributed by atoms with E-state index in [1.807, 2.05) is 54.3 Å². The van der Waals surface area contributed by atoms with Gasteiger partial charge in [0.05, 0.1) is 42.7 Å². The minimum Gasteiger partial charge on any atom is -0.465 e. The van der Waals surface area contributed by atoms with Crippen LogP contribution in [0.15, 0.2) is 79.1 Å². The Labute approximate surface area is 232 Å². The normalized spacial score (nSPS) is 13.6. The number of carbonyl (C=O) groups excluding carboxylic acids is 3. The van der Waals surface area contributed by atoms with Crippen LogP contribution in [0, 0.1) is 6.92 Å². The topological polar surface area (TPSA) is 106 Å². The van der Waals surface area contributed by atoms with E-state index in [0.29, 0.717) is 30.1 Å². The van der Waals surface area contributed by atoms with E-state index in [1.165, 1.54) is 12.7 Å². The van der Waals surface area contributed by atoms with Crippen LogP contribution in [0.4, 0.5) is 5.69 Å². The summed E-state index contributed by atoms with van der Waals surface area (Å²) in [6.07, 6.45) is 5.27. The molecule has 1 aromatic heterocycles. The number of aryl methyl sites for hydroxylation is 1. The number of esters is 1. The molecule has 1 fully saturated rings. The standard InChI is InChI=1S/C31H31N5O4/c1-21-3-12-28(36-18-15-32-34-36)27(19-21)30(38)35-16-13-24(14-17-35)23-8-10-26(11-9-23)33-29(37)20-22-4-6-25(7-5-22)31(39)40-2/h3-12,15,18-19,24H,13-14,16-17,20H2,1-2H3,(H,33,37). The number of methoxy groups -OCH3 is 1. The first-order valence-electron chi connectivity index (χ1n) is 13.2. The van der Waals surface area contributed by atoms with Crippen molar-refractivity contribution in [2.45, 2.75) is 32.1 Å². The summed E-state index contributed by atoms with van der Waals surface area (Å²) < 4.78 is 6.33. The Morgan fingerprint density at radius 3 is 2.35 bits per heavy atom. The maximum atomic E-state index is 13.5. The van der Waals surface area contributed by atoms with Crippen molar-refractivity contribution in [3.05, 3.63) is 107 Å². The lowest BCUT2D eigenvalue weighted by atomic mass is 9.89. The molecule has 9 heteroatoms. The van der Waals surface area contributed by atoms with Gasteiger partial charge in [-0.15, -0.1) is 5.10 Å². The molecular weight excluding hydrogens is 506 g/mol. The van der Waals surface area contributed by atoms with Gasteiger partial charge in [-0.1, -0.05) is 41.1 Å². The number of aromatic nitrogens is 3. The second-order valence-corrected chi connectivity index (χ2v) is 9.97. The van der Waals surface area contributed by atoms with E-state index in [1.54, 1.807) is 41.3 Å². The predicted molar refractivity (Wildman–Crippen MR) is 151 cm³/mol. The van der Waals surface area contributed by atoms with E-state index >= 15 is 0 Å². The number of hydrogen-bond donors (Lipinski definition) is 1. The molecule has 0 bridgehead atoms. The number of anilines is 1. The second-order valence-electron chi connectivity index (χ2n) is 9.97. The van der Waals surface area contributed by atoms with Crippen LogP contribution in [0.25, 0.3) is 5.69 Å². The Kier molecular flexibility index (Phi) is 8.00. The number of benzene rings is 3. The zero-order valence-electron chi connectivity index (χ0n) is 22.5. The highest BCUT2D eigenvalue weighted by Gasteiger charge is 2.26. The Hall–Kier alpha value is -4.79. The van der Waals surface area contributed by atoms with Gasteiger partial charge in [0.2, 0.25) is 5.91 Å². The molecule has 2 heterocycles. The number of piperidine rings is 1. The number of nitrogens with one attached hydrogen (secondary N) is 1. The van der Waals surface area contributed by atoms with Crippen molar-refractivity contribution >= 4 is 23.5 Å². The average molecular weight is 538 g/mol. The highest BCUT2D eigenvalue weighted by Crippen LogP contribution is 2.30. The molecule has 0 atom stereocenters. The van der Waals surface area contributed by atoms with Crippen LogP contribution < -0.4 is 5.32 Å². The van der Waals surface area contributed by atoms with Crippen molar-refractivity contribution in [3.8, 4) is 5.69 Å². The largest absolute Gasteiger partial charge is 0.465 e. The summed E-state index contributed by atoms with van der Waals surface area (Å²) in [4.78, 5) is 39.5. The van der Waals surface area contributed by atoms with Crippen molar-refractivity contribution in [2.24, 2.45) is 0 Å². The molecule has 0 aliphatic carbocycles. The molecule has 1 aliphatic rings. The van der Waals surface area contributed by atoms with Crippen LogP contribution in [0.1, 0.15) is 56.2 Å². The van der Waals surface area contributed by atoms with Gasteiger partial charge in [0.25, 0.3) is 5.91 Å². The molecule has 204 valence electrons. The van der Waals surface area contributed by atoms with Crippen LogP contribution in [-0.4, -0.2) is 57.9 Å². The van der Waals surface area contributed by atoms with Gasteiger partial charge in [0.15, 0.2) is 0 Å². The van der Waals surface area contributed by atoms with Crippen LogP contribution in [-0.2, 0) is 16.0 Å². The summed E-state index contributed by atoms with van der Waals surface area (Å²) in [5, 5.41) is 10.9. The lowest BCUT2D eigenvalue weighted by Crippen LogP contribution is -2.38. The summed E-state index contributed by atoms with van der Waals surface area (Å²) >= 11 is 0. The minimum atomic E-state index is -0.406. The highest BCUT2D eigenvalue weighted by atomic mass is 16.5. The van der Waals surface area contributed by atoms with Crippen molar-refractivity contribution in [1.29, 1.82) is 0 Å². The number of hydrogen-bond acceptors (Lipinski definition) is 6. The summed E-state index contributed by atoms with van der Waals surface area (Å²) in [6, 6.07) is 20.5. The van der Waals surface area contributed by atoms with Gasteiger partial charge < -0.3 is 15.0 Å². The first-order valence-corrected chi connectivity index (χ1v) is 13.2. The first-order chi connectivity index (χ1) is 19.4. The van der Waals surface area contributed by atoms with Gasteiger partial charge in [-0.05, 0) is 73.2 Å². The predicted octanol–water partition coefficient (Wildman–Crippen LogP) is 4.56. The molecule has 1 N–H and O–H groups in total. The molecule has 1 saturated heterocycles. The van der Waals surface area contributed by atoms with Gasteiger partial charge in [0, 0.05) is 18.8 Å². The van der Waals surface area contributed by atoms with Gasteiger partial charge in [-0.2, -0.15) is 0 Å². The molecule has 2 amide bonds. The summed E-state index contributed by atoms with van der Waals surface area (Å²) in [7, 11) is 1.34. The minimum absolute atomic E-state index is 0.00523. The third-order valence-corrected chi connectivity index (χ3v) is 7.24. The molecule has 0 spiro atoms. The van der Waals surface area contributed by atoms with E-state index in [9.17, 15) is 14.4 Å². The van der Waals surface area contributed by atoms with Crippen LogP contribution in [0.2, 0.25) is 0 Å². The van der Waals surface area contributed by atoms with E-state index in [2.05, 4.69) is 15.6 Å². The number of ether oxygens (including phenoxy) is 1. The van der Waals surface area contributed by atoms with Gasteiger partial charge >= 0.3 is 5.97 Å². The smallest absolute Gasteiger partial charge is 0.337 e. The van der Waals surface area contributed by atoms with Crippen LogP contribution in [0.5, 0.6) is 0 Å². The van der Waals surface area contributed by atoms with Crippen LogP contribution in [0.3, 0.4) is 0 Å². The van der Waals surface area contributed by atoms with E-state index in [0.717, 1.165) is 35.3 Å². The van der Waals surface area contributed by atoms with Crippen molar-refractivity contribution in [1.82, 2.24) is 19.9 Å². The zero-order chi connectivity index (χ0) is 28.1. The Balaban J connectivity index is 1.15. The molecule has 0 saturated carbocycles. The molecule has 5 rings (SSSR count). The molecule has 9 nitrogen and oxygen atoms in total. The number of likely N-dealkylation sites (tertiary alicyclic amines) is 1. The Morgan fingerprint density at radius 1 is 0.975 bits per heavy atom. The molecular formula is C31H31N5O4. The summed E-state index contributed by atoms with van der Waals surface area (Å²) in [5.74, 6) is -0.191. The Morgan fingerprint density at radius 2 is 1.70 bits per heavy atom. The lowest BCUT2D eigenvalue weighted by molar-refractivity contribution is -0.115. The molecule has 0 unspecified atom stereocenters. The van der Waals surface area contributed by atoms with E-state index in [-0.39, 0.29) is 18.2 Å². The molecule has 3 aromatic carbocycles. The SMILES string of the molecule is COC(=O)c1ccc(CC(=O)Nc2ccc(C3CCN(C(=O)c4cc(C)ccc4-n4ccnn4)CC3)cc2)cc1. The maximum absolute atomic E-state index is 13.5. The summed E-state index contributed by atoms with van der Waals surface area (Å²) in [5.41, 5.74) is 5.56. The van der Waals surface area contributed by atoms with Crippen molar-refractivity contribution < 1.29 is 19.1 Å². The fourth-order valence-corrected chi connectivity index (χ4v) is 5.05. The van der Waals surface area contributed by atoms with E-state index in [4.69, 9.17) is 4.74 Å². The molecule has 0 radical (unpaired) electrons. The second kappa shape index (κ2) is 11.9. The fourth-order valence-electron chi connectivity index (χ4n) is 5.05. The van der Waals surface area contributed by atoms with Crippen molar-refractivity contribution in [2.75, 3.05) is 25.5 Å². The number of rotatable bonds is 7. The highest BCUT2D eigenvalue weighted by molar-refractivity contribution is 5.98. The van der Waals surface area contributed by atoms with Crippen LogP contribution >= 0.6 is 0 Å². The number of nitrogens with zero attached hydrogens (tertiary/aromatic N) is 4. The number of amides is 2. The monoisotopic (exact) mass is 537 g/mol. The van der Waals surface area contributed by atoms with Crippen molar-refractivity contribution in [3.63, 3.8) is 0 Å². The Bertz CT molecular complexity index is 1490. The van der Waals surface area contributed by atoms with E-state index < -0.39 is 5.97 Å². The molecule has 4 aromatic rings. The average Bonchev–Trinajstić information content (AvgIpc) is 3.52. The lowest BCUT2D eigenvalue weighted by Gasteiger charge is -2.32. The number of carbonyl (C=O) groups is 3. The quantitative estimate of drug-likeness (QED) is 0.347.